The molecule has 2 aliphatic rings. The number of hydrogen-bond acceptors (Lipinski definition) is 18. The average molecular weight is 1320 g/mol. The van der Waals surface area contributed by atoms with E-state index in [1.54, 1.807) is 70.2 Å². The Bertz CT molecular complexity index is 3080. The third-order valence-electron chi connectivity index (χ3n) is 15.0. The SMILES string of the molecule is CNC(=N)NCCC[C@@H]1NC(=O)[C@@H](NC(=O)[C@H](Cc2ccc(O)cc2)NC(=O)[C@@H](N)C(C)C)CSSC[C@@H](C(=O)N[C@@H](Cc2cccnc2)C(N)=O)NC(=O)[C@H](Cc2ccccc2)NC(=O)[C@@H]2CCCN2C(=O)CNC(=O)[C@H](C(C)C)NC(=O)[C@H](CC(=O)O)NC1=O. The number of carboxylic acids is 1. The molecule has 2 aromatic carbocycles. The minimum atomic E-state index is -1.89. The second kappa shape index (κ2) is 36.7. The summed E-state index contributed by atoms with van der Waals surface area (Å²) in [4.78, 5) is 174. The first-order valence-corrected chi connectivity index (χ1v) is 32.5. The Balaban J connectivity index is 1.62. The van der Waals surface area contributed by atoms with Crippen LogP contribution in [-0.4, -0.2) is 196 Å². The summed E-state index contributed by atoms with van der Waals surface area (Å²) in [5.41, 5.74) is 13.6. The summed E-state index contributed by atoms with van der Waals surface area (Å²) in [6.45, 7) is 5.93. The van der Waals surface area contributed by atoms with Gasteiger partial charge in [-0.05, 0) is 72.4 Å². The molecule has 0 aliphatic carbocycles. The molecule has 2 aliphatic heterocycles. The summed E-state index contributed by atoms with van der Waals surface area (Å²) in [5, 5.41) is 56.8. The van der Waals surface area contributed by atoms with Crippen molar-refractivity contribution in [3.05, 3.63) is 95.8 Å². The van der Waals surface area contributed by atoms with Crippen LogP contribution in [-0.2, 0) is 76.8 Å². The van der Waals surface area contributed by atoms with Crippen LogP contribution in [0.2, 0.25) is 0 Å². The maximum atomic E-state index is 15.0. The fourth-order valence-corrected chi connectivity index (χ4v) is 12.0. The molecule has 0 spiro atoms. The maximum Gasteiger partial charge on any atom is 0.305 e. The van der Waals surface area contributed by atoms with E-state index in [2.05, 4.69) is 63.5 Å². The summed E-state index contributed by atoms with van der Waals surface area (Å²) >= 11 is 0. The zero-order chi connectivity index (χ0) is 67.6. The maximum absolute atomic E-state index is 15.0. The molecule has 0 radical (unpaired) electrons. The Kier molecular flexibility index (Phi) is 29.4. The van der Waals surface area contributed by atoms with Gasteiger partial charge in [-0.25, -0.2) is 0 Å². The lowest BCUT2D eigenvalue weighted by molar-refractivity contribution is -0.142. The van der Waals surface area contributed by atoms with Gasteiger partial charge in [0.15, 0.2) is 5.96 Å². The minimum Gasteiger partial charge on any atom is -0.508 e. The monoisotopic (exact) mass is 1320 g/mol. The minimum absolute atomic E-state index is 0.0442. The molecule has 2 fully saturated rings. The van der Waals surface area contributed by atoms with E-state index >= 15 is 0 Å². The standard InChI is InChI=1S/C60H84N16O14S2/c1-32(2)48(61)58(89)72-41(25-35-17-19-37(77)20-18-35)53(84)73-43-30-91-92-31-44(56(87)69-39(50(62)81)26-36-14-9-21-65-28-36)74-52(83)40(24-34-12-7-6-8-13-34)71-57(88)45-16-11-23-76(45)46(78)29-67-59(90)49(33(3)4)75-54(85)42(27-47(79)80)70-51(82)38(68-55(43)86)15-10-22-66-60(63)64-5/h6-9,12-14,17-21,28,32-33,38-45,48-49,77H,10-11,15-16,22-27,29-31,61H2,1-5H3,(H2,62,81)(H,67,90)(H,68,86)(H,69,87)(H,70,82)(H,71,88)(H,72,89)(H,73,84)(H,74,83)(H,75,85)(H,79,80)(H3,63,64,66)/t38-,39-,40-,41-,42-,43-,44-,45-,48-,49-/m0/s1. The van der Waals surface area contributed by atoms with Crippen LogP contribution in [0.25, 0.3) is 0 Å². The van der Waals surface area contributed by atoms with Gasteiger partial charge in [0.2, 0.25) is 65.0 Å². The van der Waals surface area contributed by atoms with Gasteiger partial charge in [0.25, 0.3) is 0 Å². The number of nitrogens with one attached hydrogen (secondary N) is 12. The zero-order valence-corrected chi connectivity index (χ0v) is 53.4. The lowest BCUT2D eigenvalue weighted by Crippen LogP contribution is -2.61. The van der Waals surface area contributed by atoms with E-state index in [1.165, 1.54) is 48.6 Å². The van der Waals surface area contributed by atoms with Crippen molar-refractivity contribution in [2.24, 2.45) is 23.3 Å². The number of nitrogens with two attached hydrogens (primary N) is 2. The molecule has 1 aromatic heterocycles. The Morgan fingerprint density at radius 2 is 1.38 bits per heavy atom. The van der Waals surface area contributed by atoms with Crippen LogP contribution in [0, 0.1) is 17.2 Å². The first-order chi connectivity index (χ1) is 43.7. The number of carbonyl (C=O) groups excluding carboxylic acids is 11. The predicted octanol–water partition coefficient (Wildman–Crippen LogP) is -2.68. The number of guanidine groups is 1. The van der Waals surface area contributed by atoms with Crippen molar-refractivity contribution in [3.63, 3.8) is 0 Å². The van der Waals surface area contributed by atoms with Gasteiger partial charge in [0.1, 0.15) is 60.1 Å². The molecule has 3 aromatic rings. The Morgan fingerprint density at radius 1 is 0.739 bits per heavy atom. The van der Waals surface area contributed by atoms with Crippen molar-refractivity contribution in [3.8, 4) is 5.75 Å². The number of carboxylic acid groups (broad SMARTS) is 1. The quantitative estimate of drug-likeness (QED) is 0.0224. The normalized spacial score (nSPS) is 21.9. The number of aliphatic carboxylic acids is 1. The molecular weight excluding hydrogens is 1230 g/mol. The number of aromatic nitrogens is 1. The summed E-state index contributed by atoms with van der Waals surface area (Å²) in [7, 11) is 3.28. The number of nitrogens with zero attached hydrogens (tertiary/aromatic N) is 2. The molecule has 30 nitrogen and oxygen atoms in total. The fourth-order valence-electron chi connectivity index (χ4n) is 9.67. The molecule has 2 saturated heterocycles. The average Bonchev–Trinajstić information content (AvgIpc) is 2.69. The van der Waals surface area contributed by atoms with Gasteiger partial charge in [0.05, 0.1) is 19.0 Å². The second-order valence-corrected chi connectivity index (χ2v) is 25.3. The first-order valence-electron chi connectivity index (χ1n) is 30.0. The van der Waals surface area contributed by atoms with E-state index in [1.807, 2.05) is 0 Å². The van der Waals surface area contributed by atoms with E-state index in [9.17, 15) is 67.7 Å². The van der Waals surface area contributed by atoms with Crippen molar-refractivity contribution in [2.75, 3.05) is 38.2 Å². The molecule has 32 heteroatoms. The number of hydrogen-bond donors (Lipinski definition) is 16. The van der Waals surface area contributed by atoms with Gasteiger partial charge in [-0.2, -0.15) is 0 Å². The molecule has 0 bridgehead atoms. The van der Waals surface area contributed by atoms with Gasteiger partial charge >= 0.3 is 5.97 Å². The molecule has 0 saturated carbocycles. The van der Waals surface area contributed by atoms with Gasteiger partial charge in [-0.15, -0.1) is 0 Å². The molecule has 500 valence electrons. The number of pyridine rings is 1. The van der Waals surface area contributed by atoms with Crippen LogP contribution >= 0.6 is 21.6 Å². The summed E-state index contributed by atoms with van der Waals surface area (Å²) in [6, 6.07) is 2.97. The highest BCUT2D eigenvalue weighted by molar-refractivity contribution is 8.76. The number of phenols is 1. The van der Waals surface area contributed by atoms with Crippen molar-refractivity contribution in [1.29, 1.82) is 5.41 Å². The number of aromatic hydroxyl groups is 1. The van der Waals surface area contributed by atoms with Crippen molar-refractivity contribution >= 4 is 98.5 Å². The Morgan fingerprint density at radius 3 is 2.02 bits per heavy atom. The van der Waals surface area contributed by atoms with E-state index in [0.29, 0.717) is 23.1 Å². The number of fused-ring (bicyclic) bond motifs is 1. The predicted molar refractivity (Wildman–Crippen MR) is 341 cm³/mol. The van der Waals surface area contributed by atoms with Crippen LogP contribution in [0.5, 0.6) is 5.75 Å². The van der Waals surface area contributed by atoms with Crippen LogP contribution in [0.1, 0.15) is 76.5 Å². The summed E-state index contributed by atoms with van der Waals surface area (Å²) in [5.74, 6) is -13.6. The number of carbonyl (C=O) groups is 12. The highest BCUT2D eigenvalue weighted by Crippen LogP contribution is 2.25. The van der Waals surface area contributed by atoms with Gasteiger partial charge in [-0.1, -0.05) is 97.8 Å². The Hall–Kier alpha value is -9.04. The largest absolute Gasteiger partial charge is 0.508 e. The highest BCUT2D eigenvalue weighted by Gasteiger charge is 2.39. The molecule has 92 heavy (non-hydrogen) atoms. The van der Waals surface area contributed by atoms with E-state index in [-0.39, 0.29) is 69.1 Å². The van der Waals surface area contributed by atoms with Crippen LogP contribution in [0.3, 0.4) is 0 Å². The number of amides is 11. The molecular formula is C60H84N16O14S2. The highest BCUT2D eigenvalue weighted by atomic mass is 33.1. The summed E-state index contributed by atoms with van der Waals surface area (Å²) in [6.07, 6.45) is 1.81. The smallest absolute Gasteiger partial charge is 0.305 e. The molecule has 18 N–H and O–H groups in total. The van der Waals surface area contributed by atoms with E-state index < -0.39 is 162 Å². The van der Waals surface area contributed by atoms with Gasteiger partial charge in [-0.3, -0.25) is 67.9 Å². The fraction of sp³-hybridized carbons (Fsp3) is 0.500. The Labute approximate surface area is 540 Å². The van der Waals surface area contributed by atoms with E-state index in [0.717, 1.165) is 21.6 Å². The molecule has 11 amide bonds. The lowest BCUT2D eigenvalue weighted by atomic mass is 10.0. The van der Waals surface area contributed by atoms with Gasteiger partial charge in [0, 0.05) is 63.3 Å². The number of primary amides is 1. The number of phenolic OH excluding ortho intramolecular Hbond substituents is 1. The number of benzene rings is 2. The van der Waals surface area contributed by atoms with Crippen molar-refractivity contribution < 1.29 is 67.7 Å². The van der Waals surface area contributed by atoms with Crippen molar-refractivity contribution in [1.82, 2.24) is 68.4 Å². The molecule has 5 rings (SSSR count). The van der Waals surface area contributed by atoms with E-state index in [4.69, 9.17) is 16.9 Å². The van der Waals surface area contributed by atoms with Crippen LogP contribution in [0.4, 0.5) is 0 Å². The number of rotatable bonds is 21. The zero-order valence-electron chi connectivity index (χ0n) is 51.8. The third-order valence-corrected chi connectivity index (χ3v) is 17.4. The topological polar surface area (TPSA) is 470 Å². The van der Waals surface area contributed by atoms with Crippen LogP contribution < -0.4 is 70.0 Å². The molecule has 10 atom stereocenters. The first kappa shape index (κ1) is 73.7. The van der Waals surface area contributed by atoms with Crippen molar-refractivity contribution in [2.45, 2.75) is 139 Å². The third kappa shape index (κ3) is 23.6. The van der Waals surface area contributed by atoms with Gasteiger partial charge < -0.3 is 85.1 Å². The molecule has 0 unspecified atom stereocenters. The lowest BCUT2D eigenvalue weighted by Gasteiger charge is -2.29. The second-order valence-electron chi connectivity index (χ2n) is 22.8. The summed E-state index contributed by atoms with van der Waals surface area (Å²) < 4.78 is 0. The molecule has 3 heterocycles. The van der Waals surface area contributed by atoms with Crippen LogP contribution in [0.15, 0.2) is 79.1 Å².